The highest BCUT2D eigenvalue weighted by atomic mass is 16.6. The number of ether oxygens (including phenoxy) is 3. The van der Waals surface area contributed by atoms with E-state index in [2.05, 4.69) is 86.8 Å². The maximum atomic E-state index is 12.7. The lowest BCUT2D eigenvalue weighted by Crippen LogP contribution is -2.50. The molecule has 0 aliphatic heterocycles. The molecule has 0 bridgehead atoms. The van der Waals surface area contributed by atoms with Crippen molar-refractivity contribution in [2.75, 3.05) is 41.0 Å². The molecule has 2 unspecified atom stereocenters. The molecule has 0 amide bonds. The quantitative estimate of drug-likeness (QED) is 0.0221. The van der Waals surface area contributed by atoms with Gasteiger partial charge in [0.1, 0.15) is 6.61 Å². The predicted molar refractivity (Wildman–Crippen MR) is 242 cm³/mol. The molecule has 0 aromatic carbocycles. The SMILES string of the molecule is CC/C=C/C/C=C/C/C=C/C/C=C/C/C=C/CCC(=O)OC(COCCC(C(=O)O)[N+](C)(C)C)COC(=O)CCCCCCC/C=C/C=C/C=C/C=C/C=C/CCC. The van der Waals surface area contributed by atoms with Gasteiger partial charge in [-0.2, -0.15) is 0 Å². The number of rotatable bonds is 36. The average Bonchev–Trinajstić information content (AvgIpc) is 3.18. The fourth-order valence-electron chi connectivity index (χ4n) is 5.40. The summed E-state index contributed by atoms with van der Waals surface area (Å²) in [7, 11) is 5.47. The molecule has 0 fully saturated rings. The Morgan fingerprint density at radius 2 is 1.07 bits per heavy atom. The average molecular weight is 805 g/mol. The second kappa shape index (κ2) is 39.6. The smallest absolute Gasteiger partial charge is 0.362 e. The van der Waals surface area contributed by atoms with E-state index in [1.54, 1.807) is 0 Å². The number of carbonyl (C=O) groups is 3. The molecule has 0 spiro atoms. The lowest BCUT2D eigenvalue weighted by atomic mass is 10.1. The van der Waals surface area contributed by atoms with Gasteiger partial charge >= 0.3 is 17.9 Å². The minimum atomic E-state index is -0.897. The van der Waals surface area contributed by atoms with E-state index in [1.165, 1.54) is 6.42 Å². The Labute approximate surface area is 352 Å². The summed E-state index contributed by atoms with van der Waals surface area (Å²) in [5, 5.41) is 9.62. The molecular weight excluding hydrogens is 727 g/mol. The van der Waals surface area contributed by atoms with Crippen LogP contribution in [0.4, 0.5) is 0 Å². The van der Waals surface area contributed by atoms with Gasteiger partial charge in [-0.1, -0.05) is 161 Å². The highest BCUT2D eigenvalue weighted by Gasteiger charge is 2.31. The summed E-state index contributed by atoms with van der Waals surface area (Å²) < 4.78 is 17.1. The van der Waals surface area contributed by atoms with Crippen molar-refractivity contribution in [1.29, 1.82) is 0 Å². The lowest BCUT2D eigenvalue weighted by molar-refractivity contribution is -0.887. The molecule has 2 atom stereocenters. The van der Waals surface area contributed by atoms with E-state index >= 15 is 0 Å². The minimum absolute atomic E-state index is 0.0134. The second-order valence-corrected chi connectivity index (χ2v) is 15.0. The highest BCUT2D eigenvalue weighted by Crippen LogP contribution is 2.11. The van der Waals surface area contributed by atoms with Crippen LogP contribution in [-0.4, -0.2) is 80.6 Å². The van der Waals surface area contributed by atoms with Crippen LogP contribution in [-0.2, 0) is 28.6 Å². The van der Waals surface area contributed by atoms with Crippen LogP contribution in [0.15, 0.2) is 122 Å². The van der Waals surface area contributed by atoms with Crippen LogP contribution in [0.25, 0.3) is 0 Å². The third-order valence-corrected chi connectivity index (χ3v) is 8.72. The maximum absolute atomic E-state index is 12.7. The number of nitrogens with zero attached hydrogens (tertiary/aromatic N) is 1. The molecule has 8 nitrogen and oxygen atoms in total. The van der Waals surface area contributed by atoms with Gasteiger partial charge in [0, 0.05) is 19.3 Å². The third kappa shape index (κ3) is 37.3. The monoisotopic (exact) mass is 805 g/mol. The van der Waals surface area contributed by atoms with E-state index in [0.29, 0.717) is 19.3 Å². The minimum Gasteiger partial charge on any atom is -0.477 e. The van der Waals surface area contributed by atoms with E-state index in [9.17, 15) is 19.5 Å². The Morgan fingerprint density at radius 1 is 0.552 bits per heavy atom. The first-order chi connectivity index (χ1) is 28.1. The van der Waals surface area contributed by atoms with Crippen molar-refractivity contribution < 1.29 is 38.2 Å². The Balaban J connectivity index is 4.56. The van der Waals surface area contributed by atoms with Crippen molar-refractivity contribution in [1.82, 2.24) is 0 Å². The van der Waals surface area contributed by atoms with Gasteiger partial charge in [-0.3, -0.25) is 9.59 Å². The van der Waals surface area contributed by atoms with Crippen LogP contribution in [0.5, 0.6) is 0 Å². The van der Waals surface area contributed by atoms with Crippen LogP contribution in [0.3, 0.4) is 0 Å². The molecule has 0 heterocycles. The number of hydrogen-bond acceptors (Lipinski definition) is 6. The number of likely N-dealkylation sites (N-methyl/N-ethyl adjacent to an activating group) is 1. The zero-order valence-corrected chi connectivity index (χ0v) is 36.7. The summed E-state index contributed by atoms with van der Waals surface area (Å²) >= 11 is 0. The van der Waals surface area contributed by atoms with Gasteiger partial charge in [-0.25, -0.2) is 4.79 Å². The molecule has 8 heteroatoms. The molecule has 324 valence electrons. The predicted octanol–water partition coefficient (Wildman–Crippen LogP) is 11.9. The number of carboxylic acids is 1. The number of quaternary nitrogens is 1. The summed E-state index contributed by atoms with van der Waals surface area (Å²) in [6.07, 6.45) is 55.4. The Hall–Kier alpha value is -4.27. The fraction of sp³-hybridized carbons (Fsp3) is 0.540. The topological polar surface area (TPSA) is 99.1 Å². The molecule has 1 N–H and O–H groups in total. The number of allylic oxidation sites excluding steroid dienone is 20. The molecule has 0 aromatic rings. The van der Waals surface area contributed by atoms with Crippen molar-refractivity contribution in [2.24, 2.45) is 0 Å². The van der Waals surface area contributed by atoms with E-state index in [1.807, 2.05) is 69.8 Å². The molecule has 0 aliphatic rings. The van der Waals surface area contributed by atoms with Crippen molar-refractivity contribution in [2.45, 2.75) is 135 Å². The van der Waals surface area contributed by atoms with E-state index in [0.717, 1.165) is 77.0 Å². The van der Waals surface area contributed by atoms with Gasteiger partial charge in [0.2, 0.25) is 0 Å². The Bertz CT molecular complexity index is 1350. The van der Waals surface area contributed by atoms with Gasteiger partial charge < -0.3 is 23.8 Å². The molecule has 0 rings (SSSR count). The summed E-state index contributed by atoms with van der Waals surface area (Å²) in [5.74, 6) is -1.63. The lowest BCUT2D eigenvalue weighted by Gasteiger charge is -2.31. The molecule has 0 radical (unpaired) electrons. The molecular formula is C50H78NO7+. The first-order valence-corrected chi connectivity index (χ1v) is 21.6. The van der Waals surface area contributed by atoms with Crippen LogP contribution in [0, 0.1) is 0 Å². The zero-order chi connectivity index (χ0) is 42.8. The number of carboxylic acid groups (broad SMARTS) is 1. The standard InChI is InChI=1S/C50H77NO7/c1-6-8-10-12-14-16-18-20-22-24-25-27-28-30-32-34-36-38-40-48(52)57-45-46(44-56-43-42-47(50(54)55)51(3,4)5)58-49(53)41-39-37-35-33-31-29-26-23-21-19-17-15-13-11-9-7-2/h9-12,14-18,20-25,27,29,31,35,37,46-47H,6-8,13,19,26,28,30,32-34,36,38-45H2,1-5H3/p+1/b11-9+,12-10+,16-14+,17-15+,20-18+,23-21+,24-22+,27-25+,31-29+,37-35+. The summed E-state index contributed by atoms with van der Waals surface area (Å²) in [5.41, 5.74) is 0. The number of carbonyl (C=O) groups excluding carboxylic acids is 2. The first kappa shape index (κ1) is 53.7. The van der Waals surface area contributed by atoms with E-state index in [4.69, 9.17) is 14.2 Å². The molecule has 0 aliphatic carbocycles. The van der Waals surface area contributed by atoms with E-state index in [-0.39, 0.29) is 36.7 Å². The maximum Gasteiger partial charge on any atom is 0.362 e. The van der Waals surface area contributed by atoms with Gasteiger partial charge in [0.05, 0.1) is 34.4 Å². The second-order valence-electron chi connectivity index (χ2n) is 15.0. The largest absolute Gasteiger partial charge is 0.477 e. The molecule has 0 saturated heterocycles. The summed E-state index contributed by atoms with van der Waals surface area (Å²) in [6.45, 7) is 4.39. The Kier molecular flexibility index (Phi) is 36.6. The summed E-state index contributed by atoms with van der Waals surface area (Å²) in [4.78, 5) is 36.9. The zero-order valence-electron chi connectivity index (χ0n) is 36.7. The third-order valence-electron chi connectivity index (χ3n) is 8.72. The van der Waals surface area contributed by atoms with Crippen LogP contribution in [0.1, 0.15) is 123 Å². The van der Waals surface area contributed by atoms with Crippen LogP contribution < -0.4 is 0 Å². The normalized spacial score (nSPS) is 14.2. The van der Waals surface area contributed by atoms with Crippen molar-refractivity contribution in [3.05, 3.63) is 122 Å². The molecule has 0 saturated carbocycles. The van der Waals surface area contributed by atoms with Gasteiger partial charge in [0.25, 0.3) is 0 Å². The van der Waals surface area contributed by atoms with Crippen molar-refractivity contribution in [3.63, 3.8) is 0 Å². The number of unbranched alkanes of at least 4 members (excludes halogenated alkanes) is 6. The molecule has 58 heavy (non-hydrogen) atoms. The highest BCUT2D eigenvalue weighted by molar-refractivity contribution is 5.72. The first-order valence-electron chi connectivity index (χ1n) is 21.6. The van der Waals surface area contributed by atoms with E-state index < -0.39 is 24.1 Å². The molecule has 0 aromatic heterocycles. The van der Waals surface area contributed by atoms with Gasteiger partial charge in [-0.05, 0) is 64.2 Å². The van der Waals surface area contributed by atoms with Gasteiger partial charge in [-0.15, -0.1) is 0 Å². The Morgan fingerprint density at radius 3 is 1.62 bits per heavy atom. The van der Waals surface area contributed by atoms with Crippen molar-refractivity contribution in [3.8, 4) is 0 Å². The summed E-state index contributed by atoms with van der Waals surface area (Å²) in [6, 6.07) is -0.640. The van der Waals surface area contributed by atoms with Gasteiger partial charge in [0.15, 0.2) is 12.1 Å². The van der Waals surface area contributed by atoms with Crippen LogP contribution >= 0.6 is 0 Å². The number of esters is 2. The van der Waals surface area contributed by atoms with Crippen LogP contribution in [0.2, 0.25) is 0 Å². The fourth-order valence-corrected chi connectivity index (χ4v) is 5.40. The van der Waals surface area contributed by atoms with Crippen molar-refractivity contribution >= 4 is 17.9 Å². The number of hydrogen-bond donors (Lipinski definition) is 1. The number of aliphatic carboxylic acids is 1.